The Labute approximate surface area is 213 Å². The molecule has 2 N–H and O–H groups in total. The number of benzene rings is 2. The van der Waals surface area contributed by atoms with Crippen LogP contribution in [0, 0.1) is 11.3 Å². The molecule has 3 aromatic rings. The molecule has 0 saturated heterocycles. The van der Waals surface area contributed by atoms with Gasteiger partial charge in [0.15, 0.2) is 0 Å². The summed E-state index contributed by atoms with van der Waals surface area (Å²) in [4.78, 5) is 27.8. The SMILES string of the molecule is COC(=O)C1=C(C(=O)OC)N(c2ccccc2OCc2ccnn2C)C(N)=C(C#N)C1c1ccccc1. The molecular weight excluding hydrogens is 474 g/mol. The Morgan fingerprint density at radius 3 is 2.32 bits per heavy atom. The number of aryl methyl sites for hydroxylation is 1. The standard InChI is InChI=1S/C27H25N5O5/c1-31-18(13-14-30-31)16-37-21-12-8-7-11-20(21)32-24(27(34)36-3)23(26(33)35-2)22(19(15-28)25(32)29)17-9-5-4-6-10-17/h4-14,22H,16,29H2,1-3H3. The summed E-state index contributed by atoms with van der Waals surface area (Å²) in [7, 11) is 4.19. The molecule has 0 amide bonds. The molecule has 1 aliphatic rings. The van der Waals surface area contributed by atoms with Gasteiger partial charge in [-0.3, -0.25) is 9.58 Å². The normalized spacial score (nSPS) is 15.3. The van der Waals surface area contributed by atoms with Crippen molar-refractivity contribution in [3.8, 4) is 11.8 Å². The second-order valence-electron chi connectivity index (χ2n) is 8.04. The van der Waals surface area contributed by atoms with E-state index in [0.717, 1.165) is 5.69 Å². The van der Waals surface area contributed by atoms with E-state index in [-0.39, 0.29) is 29.3 Å². The highest BCUT2D eigenvalue weighted by molar-refractivity contribution is 6.06. The molecule has 2 heterocycles. The van der Waals surface area contributed by atoms with Crippen molar-refractivity contribution in [3.05, 3.63) is 101 Å². The van der Waals surface area contributed by atoms with E-state index in [0.29, 0.717) is 17.0 Å². The number of nitriles is 1. The van der Waals surface area contributed by atoms with Crippen molar-refractivity contribution in [1.82, 2.24) is 9.78 Å². The zero-order valence-corrected chi connectivity index (χ0v) is 20.5. The van der Waals surface area contributed by atoms with Gasteiger partial charge in [-0.25, -0.2) is 9.59 Å². The third-order valence-corrected chi connectivity index (χ3v) is 6.01. The molecule has 0 bridgehead atoms. The molecule has 37 heavy (non-hydrogen) atoms. The van der Waals surface area contributed by atoms with Gasteiger partial charge in [-0.05, 0) is 23.8 Å². The van der Waals surface area contributed by atoms with E-state index in [1.54, 1.807) is 72.5 Å². The number of esters is 2. The van der Waals surface area contributed by atoms with Gasteiger partial charge in [0.2, 0.25) is 0 Å². The van der Waals surface area contributed by atoms with E-state index in [4.69, 9.17) is 19.9 Å². The summed E-state index contributed by atoms with van der Waals surface area (Å²) in [5.41, 5.74) is 8.13. The number of hydrogen-bond donors (Lipinski definition) is 1. The Kier molecular flexibility index (Phi) is 7.25. The maximum Gasteiger partial charge on any atom is 0.355 e. The Hall–Kier alpha value is -5.04. The molecule has 0 fully saturated rings. The lowest BCUT2D eigenvalue weighted by Crippen LogP contribution is -2.41. The predicted octanol–water partition coefficient (Wildman–Crippen LogP) is 2.90. The molecular formula is C27H25N5O5. The summed E-state index contributed by atoms with van der Waals surface area (Å²) in [5.74, 6) is -2.27. The zero-order chi connectivity index (χ0) is 26.5. The third kappa shape index (κ3) is 4.62. The molecule has 1 unspecified atom stereocenters. The van der Waals surface area contributed by atoms with Crippen LogP contribution in [0.1, 0.15) is 17.2 Å². The van der Waals surface area contributed by atoms with Crippen LogP contribution in [0.3, 0.4) is 0 Å². The molecule has 2 aromatic carbocycles. The van der Waals surface area contributed by atoms with Gasteiger partial charge in [0.25, 0.3) is 0 Å². The van der Waals surface area contributed by atoms with Gasteiger partial charge in [0, 0.05) is 13.2 Å². The van der Waals surface area contributed by atoms with E-state index >= 15 is 0 Å². The quantitative estimate of drug-likeness (QED) is 0.487. The fourth-order valence-electron chi connectivity index (χ4n) is 4.22. The fourth-order valence-corrected chi connectivity index (χ4v) is 4.22. The molecule has 1 aliphatic heterocycles. The van der Waals surface area contributed by atoms with Crippen molar-refractivity contribution >= 4 is 17.6 Å². The van der Waals surface area contributed by atoms with Gasteiger partial charge >= 0.3 is 11.9 Å². The van der Waals surface area contributed by atoms with Crippen molar-refractivity contribution in [1.29, 1.82) is 5.26 Å². The molecule has 4 rings (SSSR count). The number of nitrogens with two attached hydrogens (primary N) is 1. The molecule has 10 nitrogen and oxygen atoms in total. The highest BCUT2D eigenvalue weighted by Gasteiger charge is 2.43. The van der Waals surface area contributed by atoms with Crippen LogP contribution in [0.2, 0.25) is 0 Å². The van der Waals surface area contributed by atoms with E-state index in [1.165, 1.54) is 19.1 Å². The smallest absolute Gasteiger partial charge is 0.355 e. The monoisotopic (exact) mass is 499 g/mol. The fraction of sp³-hybridized carbons (Fsp3) is 0.185. The van der Waals surface area contributed by atoms with Crippen molar-refractivity contribution in [2.45, 2.75) is 12.5 Å². The first-order chi connectivity index (χ1) is 17.9. The van der Waals surface area contributed by atoms with Crippen molar-refractivity contribution in [3.63, 3.8) is 0 Å². The third-order valence-electron chi connectivity index (χ3n) is 6.01. The van der Waals surface area contributed by atoms with Crippen molar-refractivity contribution in [2.24, 2.45) is 12.8 Å². The molecule has 1 aromatic heterocycles. The highest BCUT2D eigenvalue weighted by atomic mass is 16.5. The minimum atomic E-state index is -0.952. The summed E-state index contributed by atoms with van der Waals surface area (Å²) in [6, 6.07) is 19.6. The van der Waals surface area contributed by atoms with Crippen molar-refractivity contribution < 1.29 is 23.8 Å². The average molecular weight is 500 g/mol. The number of hydrogen-bond acceptors (Lipinski definition) is 9. The van der Waals surface area contributed by atoms with Crippen LogP contribution in [0.25, 0.3) is 0 Å². The zero-order valence-electron chi connectivity index (χ0n) is 20.5. The number of carbonyl (C=O) groups excluding carboxylic acids is 2. The van der Waals surface area contributed by atoms with Gasteiger partial charge in [0.1, 0.15) is 23.9 Å². The molecule has 0 spiro atoms. The number of para-hydroxylation sites is 2. The second kappa shape index (κ2) is 10.7. The molecule has 0 saturated carbocycles. The Bertz CT molecular complexity index is 1430. The van der Waals surface area contributed by atoms with E-state index < -0.39 is 17.9 Å². The van der Waals surface area contributed by atoms with Crippen LogP contribution in [0.4, 0.5) is 5.69 Å². The Morgan fingerprint density at radius 1 is 1.03 bits per heavy atom. The lowest BCUT2D eigenvalue weighted by Gasteiger charge is -2.36. The molecule has 0 aliphatic carbocycles. The van der Waals surface area contributed by atoms with Crippen molar-refractivity contribution in [2.75, 3.05) is 19.1 Å². The number of rotatable bonds is 7. The Morgan fingerprint density at radius 2 is 1.70 bits per heavy atom. The summed E-state index contributed by atoms with van der Waals surface area (Å²) in [5, 5.41) is 14.3. The first-order valence-electron chi connectivity index (χ1n) is 11.3. The number of aromatic nitrogens is 2. The topological polar surface area (TPSA) is 133 Å². The number of ether oxygens (including phenoxy) is 3. The van der Waals surface area contributed by atoms with Crippen LogP contribution >= 0.6 is 0 Å². The van der Waals surface area contributed by atoms with Crippen LogP contribution < -0.4 is 15.4 Å². The van der Waals surface area contributed by atoms with E-state index in [2.05, 4.69) is 11.2 Å². The Balaban J connectivity index is 1.95. The van der Waals surface area contributed by atoms with Crippen LogP contribution in [0.5, 0.6) is 5.75 Å². The molecule has 188 valence electrons. The molecule has 10 heteroatoms. The number of carbonyl (C=O) groups is 2. The van der Waals surface area contributed by atoms with Gasteiger partial charge in [-0.1, -0.05) is 42.5 Å². The predicted molar refractivity (Wildman–Crippen MR) is 134 cm³/mol. The summed E-state index contributed by atoms with van der Waals surface area (Å²) < 4.78 is 17.9. The molecule has 1 atom stereocenters. The number of anilines is 1. The molecule has 0 radical (unpaired) electrons. The van der Waals surface area contributed by atoms with Crippen LogP contribution in [-0.4, -0.2) is 35.9 Å². The summed E-state index contributed by atoms with van der Waals surface area (Å²) in [6.45, 7) is 0.170. The summed E-state index contributed by atoms with van der Waals surface area (Å²) >= 11 is 0. The number of methoxy groups -OCH3 is 2. The lowest BCUT2D eigenvalue weighted by atomic mass is 9.81. The minimum Gasteiger partial charge on any atom is -0.485 e. The number of allylic oxidation sites excluding steroid dienone is 1. The number of nitrogens with zero attached hydrogens (tertiary/aromatic N) is 4. The largest absolute Gasteiger partial charge is 0.485 e. The maximum atomic E-state index is 13.3. The van der Waals surface area contributed by atoms with Gasteiger partial charge in [-0.2, -0.15) is 10.4 Å². The van der Waals surface area contributed by atoms with Crippen LogP contribution in [0.15, 0.2) is 89.5 Å². The van der Waals surface area contributed by atoms with Gasteiger partial charge < -0.3 is 19.9 Å². The first-order valence-corrected chi connectivity index (χ1v) is 11.3. The van der Waals surface area contributed by atoms with Crippen LogP contribution in [-0.2, 0) is 32.7 Å². The second-order valence-corrected chi connectivity index (χ2v) is 8.04. The van der Waals surface area contributed by atoms with Gasteiger partial charge in [-0.15, -0.1) is 0 Å². The first kappa shape index (κ1) is 25.1. The van der Waals surface area contributed by atoms with E-state index in [1.807, 2.05) is 6.07 Å². The minimum absolute atomic E-state index is 0.0408. The van der Waals surface area contributed by atoms with Gasteiger partial charge in [0.05, 0.1) is 48.7 Å². The maximum absolute atomic E-state index is 13.3. The highest BCUT2D eigenvalue weighted by Crippen LogP contribution is 2.45. The average Bonchev–Trinajstić information content (AvgIpc) is 3.35. The summed E-state index contributed by atoms with van der Waals surface area (Å²) in [6.07, 6.45) is 1.65. The lowest BCUT2D eigenvalue weighted by molar-refractivity contribution is -0.139. The van der Waals surface area contributed by atoms with E-state index in [9.17, 15) is 14.9 Å².